The van der Waals surface area contributed by atoms with Gasteiger partial charge in [-0.15, -0.1) is 21.2 Å². The smallest absolute Gasteiger partial charge is 0.395 e. The van der Waals surface area contributed by atoms with Crippen LogP contribution in [0, 0.1) is 0 Å². The molecule has 1 fully saturated rings. The first-order valence-electron chi connectivity index (χ1n) is 5.25. The highest BCUT2D eigenvalue weighted by Crippen LogP contribution is 2.43. The lowest BCUT2D eigenvalue weighted by Crippen LogP contribution is -2.26. The summed E-state index contributed by atoms with van der Waals surface area (Å²) < 4.78 is 34.6. The normalized spacial score (nSPS) is 19.9. The molecule has 0 spiro atoms. The van der Waals surface area contributed by atoms with Gasteiger partial charge in [-0.25, -0.2) is 0 Å². The summed E-state index contributed by atoms with van der Waals surface area (Å²) in [7, 11) is 0. The van der Waals surface area contributed by atoms with Crippen LogP contribution in [0.3, 0.4) is 0 Å². The number of fused-ring (bicyclic) bond motifs is 1. The minimum atomic E-state index is -3.53. The molecule has 0 unspecified atom stereocenters. The second-order valence-electron chi connectivity index (χ2n) is 4.07. The molecule has 0 bridgehead atoms. The van der Waals surface area contributed by atoms with Crippen LogP contribution in [0.4, 0.5) is 8.78 Å². The fourth-order valence-electron chi connectivity index (χ4n) is 1.71. The van der Waals surface area contributed by atoms with E-state index in [1.165, 1.54) is 6.07 Å². The van der Waals surface area contributed by atoms with Crippen LogP contribution >= 0.6 is 12.4 Å². The van der Waals surface area contributed by atoms with Crippen molar-refractivity contribution in [3.63, 3.8) is 0 Å². The molecular weight excluding hydrogens is 252 g/mol. The van der Waals surface area contributed by atoms with Crippen LogP contribution in [0.1, 0.15) is 18.4 Å². The van der Waals surface area contributed by atoms with E-state index < -0.39 is 6.29 Å². The molecule has 3 nitrogen and oxygen atoms in total. The summed E-state index contributed by atoms with van der Waals surface area (Å²) in [6.45, 7) is 0.535. The Morgan fingerprint density at radius 3 is 2.76 bits per heavy atom. The molecule has 94 valence electrons. The number of rotatable bonds is 3. The molecule has 1 heterocycles. The quantitative estimate of drug-likeness (QED) is 0.910. The van der Waals surface area contributed by atoms with Crippen molar-refractivity contribution in [2.75, 3.05) is 0 Å². The number of para-hydroxylation sites is 1. The summed E-state index contributed by atoms with van der Waals surface area (Å²) in [6, 6.07) is 5.46. The average Bonchev–Trinajstić information content (AvgIpc) is 2.96. The Morgan fingerprint density at radius 2 is 2.06 bits per heavy atom. The van der Waals surface area contributed by atoms with Gasteiger partial charge in [0.25, 0.3) is 0 Å². The van der Waals surface area contributed by atoms with Gasteiger partial charge in [-0.1, -0.05) is 12.1 Å². The van der Waals surface area contributed by atoms with Crippen molar-refractivity contribution in [1.82, 2.24) is 5.32 Å². The van der Waals surface area contributed by atoms with Gasteiger partial charge in [0.1, 0.15) is 0 Å². The molecule has 0 atom stereocenters. The first-order chi connectivity index (χ1) is 7.64. The third kappa shape index (κ3) is 2.61. The van der Waals surface area contributed by atoms with E-state index >= 15 is 0 Å². The van der Waals surface area contributed by atoms with Crippen LogP contribution in [0.15, 0.2) is 18.2 Å². The van der Waals surface area contributed by atoms with Crippen molar-refractivity contribution < 1.29 is 18.3 Å². The van der Waals surface area contributed by atoms with Gasteiger partial charge in [0, 0.05) is 18.2 Å². The summed E-state index contributed by atoms with van der Waals surface area (Å²) in [5.74, 6) is 0.265. The number of ether oxygens (including phenoxy) is 2. The third-order valence-corrected chi connectivity index (χ3v) is 2.67. The number of halogens is 3. The molecular formula is C11H12ClF2NO2. The Hall–Kier alpha value is -1.07. The monoisotopic (exact) mass is 263 g/mol. The lowest BCUT2D eigenvalue weighted by atomic mass is 10.2. The number of benzene rings is 1. The summed E-state index contributed by atoms with van der Waals surface area (Å²) in [5, 5.41) is 3.25. The second kappa shape index (κ2) is 4.31. The molecule has 1 saturated carbocycles. The van der Waals surface area contributed by atoms with Gasteiger partial charge in [0.05, 0.1) is 0 Å². The number of hydrogen-bond acceptors (Lipinski definition) is 3. The van der Waals surface area contributed by atoms with Crippen LogP contribution in [0.5, 0.6) is 11.5 Å². The molecule has 17 heavy (non-hydrogen) atoms. The molecule has 0 saturated heterocycles. The van der Waals surface area contributed by atoms with Crippen LogP contribution in [0.2, 0.25) is 0 Å². The Bertz CT molecular complexity index is 424. The predicted molar refractivity (Wildman–Crippen MR) is 59.8 cm³/mol. The third-order valence-electron chi connectivity index (χ3n) is 2.67. The van der Waals surface area contributed by atoms with Crippen molar-refractivity contribution >= 4 is 12.4 Å². The van der Waals surface area contributed by atoms with Gasteiger partial charge in [-0.2, -0.15) is 0 Å². The standard InChI is InChI=1S/C11H11F2NO2.ClH/c12-11(13)15-9-3-1-2-7(10(9)16-11)6-14-8-4-5-8;/h1-3,8,14H,4-6H2;1H. The van der Waals surface area contributed by atoms with Gasteiger partial charge in [-0.3, -0.25) is 0 Å². The van der Waals surface area contributed by atoms with Gasteiger partial charge >= 0.3 is 6.29 Å². The lowest BCUT2D eigenvalue weighted by molar-refractivity contribution is -0.286. The zero-order valence-electron chi connectivity index (χ0n) is 8.91. The fraction of sp³-hybridized carbons (Fsp3) is 0.455. The molecule has 1 aromatic carbocycles. The molecule has 1 N–H and O–H groups in total. The zero-order valence-corrected chi connectivity index (χ0v) is 9.73. The minimum absolute atomic E-state index is 0. The molecule has 2 aliphatic rings. The number of alkyl halides is 2. The van der Waals surface area contributed by atoms with Crippen LogP contribution in [0.25, 0.3) is 0 Å². The summed E-state index contributed by atoms with van der Waals surface area (Å²) >= 11 is 0. The molecule has 3 rings (SSSR count). The SMILES string of the molecule is Cl.FC1(F)Oc2cccc(CNC3CC3)c2O1. The van der Waals surface area contributed by atoms with E-state index in [1.54, 1.807) is 12.1 Å². The van der Waals surface area contributed by atoms with Crippen molar-refractivity contribution in [2.45, 2.75) is 31.7 Å². The predicted octanol–water partition coefficient (Wildman–Crippen LogP) is 2.68. The van der Waals surface area contributed by atoms with E-state index in [1.807, 2.05) is 0 Å². The molecule has 0 aromatic heterocycles. The van der Waals surface area contributed by atoms with Gasteiger partial charge in [0.2, 0.25) is 0 Å². The molecule has 1 aliphatic carbocycles. The van der Waals surface area contributed by atoms with E-state index in [-0.39, 0.29) is 23.9 Å². The number of hydrogen-bond donors (Lipinski definition) is 1. The highest BCUT2D eigenvalue weighted by molar-refractivity contribution is 5.85. The molecule has 6 heteroatoms. The average molecular weight is 264 g/mol. The highest BCUT2D eigenvalue weighted by Gasteiger charge is 2.44. The Balaban J connectivity index is 0.00000108. The van der Waals surface area contributed by atoms with Crippen molar-refractivity contribution in [3.05, 3.63) is 23.8 Å². The largest absolute Gasteiger partial charge is 0.586 e. The van der Waals surface area contributed by atoms with E-state index in [9.17, 15) is 8.78 Å². The topological polar surface area (TPSA) is 30.5 Å². The van der Waals surface area contributed by atoms with Crippen molar-refractivity contribution in [3.8, 4) is 11.5 Å². The maximum atomic E-state index is 12.9. The van der Waals surface area contributed by atoms with E-state index in [0.717, 1.165) is 12.8 Å². The Morgan fingerprint density at radius 1 is 1.29 bits per heavy atom. The highest BCUT2D eigenvalue weighted by atomic mass is 35.5. The molecule has 1 aliphatic heterocycles. The summed E-state index contributed by atoms with van der Waals surface area (Å²) in [6.07, 6.45) is -1.22. The first kappa shape index (κ1) is 12.4. The Kier molecular flexibility index (Phi) is 3.14. The van der Waals surface area contributed by atoms with Crippen LogP contribution < -0.4 is 14.8 Å². The summed E-state index contributed by atoms with van der Waals surface area (Å²) in [4.78, 5) is 0. The lowest BCUT2D eigenvalue weighted by Gasteiger charge is -2.07. The van der Waals surface area contributed by atoms with Gasteiger partial charge < -0.3 is 14.8 Å². The van der Waals surface area contributed by atoms with Crippen molar-refractivity contribution in [1.29, 1.82) is 0 Å². The zero-order chi connectivity index (χ0) is 11.2. The van der Waals surface area contributed by atoms with Crippen molar-refractivity contribution in [2.24, 2.45) is 0 Å². The maximum Gasteiger partial charge on any atom is 0.586 e. The van der Waals surface area contributed by atoms with E-state index in [4.69, 9.17) is 0 Å². The minimum Gasteiger partial charge on any atom is -0.395 e. The summed E-state index contributed by atoms with van der Waals surface area (Å²) in [5.41, 5.74) is 0.710. The van der Waals surface area contributed by atoms with Crippen LogP contribution in [-0.2, 0) is 6.54 Å². The van der Waals surface area contributed by atoms with E-state index in [0.29, 0.717) is 18.2 Å². The second-order valence-corrected chi connectivity index (χ2v) is 4.07. The Labute approximate surface area is 104 Å². The molecule has 0 amide bonds. The fourth-order valence-corrected chi connectivity index (χ4v) is 1.71. The molecule has 1 aromatic rings. The van der Waals surface area contributed by atoms with Crippen LogP contribution in [-0.4, -0.2) is 12.3 Å². The number of nitrogens with one attached hydrogen (secondary N) is 1. The van der Waals surface area contributed by atoms with Gasteiger partial charge in [-0.05, 0) is 18.9 Å². The van der Waals surface area contributed by atoms with E-state index in [2.05, 4.69) is 14.8 Å². The van der Waals surface area contributed by atoms with Gasteiger partial charge in [0.15, 0.2) is 11.5 Å². The maximum absolute atomic E-state index is 12.9. The first-order valence-corrected chi connectivity index (χ1v) is 5.25. The molecule has 0 radical (unpaired) electrons.